The van der Waals surface area contributed by atoms with Crippen molar-refractivity contribution in [1.82, 2.24) is 19.9 Å². The molecule has 2 aromatic rings. The zero-order chi connectivity index (χ0) is 12.4. The van der Waals surface area contributed by atoms with Gasteiger partial charge in [0.15, 0.2) is 0 Å². The Morgan fingerprint density at radius 3 is 2.94 bits per heavy atom. The number of hydrogen-bond donors (Lipinski definition) is 1. The van der Waals surface area contributed by atoms with Crippen molar-refractivity contribution in [3.63, 3.8) is 0 Å². The van der Waals surface area contributed by atoms with Gasteiger partial charge in [0.1, 0.15) is 18.0 Å². The lowest BCUT2D eigenvalue weighted by molar-refractivity contribution is 0.401. The average Bonchev–Trinajstić information content (AvgIpc) is 2.90. The highest BCUT2D eigenvalue weighted by Crippen LogP contribution is 2.24. The Labute approximate surface area is 105 Å². The predicted molar refractivity (Wildman–Crippen MR) is 65.9 cm³/mol. The predicted octanol–water partition coefficient (Wildman–Crippen LogP) is 2.22. The molecule has 1 N–H and O–H groups in total. The zero-order valence-electron chi connectivity index (χ0n) is 10.0. The molecule has 3 rings (SSSR count). The van der Waals surface area contributed by atoms with Crippen molar-refractivity contribution in [2.24, 2.45) is 0 Å². The van der Waals surface area contributed by atoms with Gasteiger partial charge in [0.05, 0.1) is 18.1 Å². The van der Waals surface area contributed by atoms with E-state index in [2.05, 4.69) is 15.3 Å². The van der Waals surface area contributed by atoms with Gasteiger partial charge >= 0.3 is 0 Å². The number of piperidine rings is 1. The van der Waals surface area contributed by atoms with Crippen LogP contribution in [-0.2, 0) is 0 Å². The number of nitrogens with zero attached hydrogens (tertiary/aromatic N) is 3. The molecule has 0 bridgehead atoms. The van der Waals surface area contributed by atoms with E-state index in [1.165, 1.54) is 25.1 Å². The summed E-state index contributed by atoms with van der Waals surface area (Å²) >= 11 is 0. The van der Waals surface area contributed by atoms with Crippen LogP contribution in [-0.4, -0.2) is 21.1 Å². The van der Waals surface area contributed by atoms with Crippen LogP contribution in [0.2, 0.25) is 0 Å². The van der Waals surface area contributed by atoms with E-state index in [-0.39, 0.29) is 5.82 Å². The molecule has 0 spiro atoms. The first-order valence-electron chi connectivity index (χ1n) is 6.22. The van der Waals surface area contributed by atoms with Gasteiger partial charge in [-0.05, 0) is 31.5 Å². The molecule has 4 nitrogen and oxygen atoms in total. The van der Waals surface area contributed by atoms with E-state index in [9.17, 15) is 4.39 Å². The maximum absolute atomic E-state index is 12.9. The van der Waals surface area contributed by atoms with E-state index in [0.717, 1.165) is 18.7 Å². The molecule has 94 valence electrons. The Balaban J connectivity index is 1.93. The van der Waals surface area contributed by atoms with Crippen LogP contribution in [0.4, 0.5) is 4.39 Å². The summed E-state index contributed by atoms with van der Waals surface area (Å²) in [6.07, 6.45) is 8.36. The van der Waals surface area contributed by atoms with E-state index >= 15 is 0 Å². The number of hydrogen-bond acceptors (Lipinski definition) is 3. The minimum absolute atomic E-state index is 0.313. The molecule has 2 aromatic heterocycles. The average molecular weight is 246 g/mol. The topological polar surface area (TPSA) is 42.7 Å². The summed E-state index contributed by atoms with van der Waals surface area (Å²) in [4.78, 5) is 8.28. The summed E-state index contributed by atoms with van der Waals surface area (Å²) < 4.78 is 14.8. The molecule has 1 aliphatic heterocycles. The fourth-order valence-electron chi connectivity index (χ4n) is 2.37. The van der Waals surface area contributed by atoms with Crippen LogP contribution in [0.5, 0.6) is 0 Å². The highest BCUT2D eigenvalue weighted by Gasteiger charge is 2.19. The van der Waals surface area contributed by atoms with Crippen LogP contribution in [0.3, 0.4) is 0 Å². The summed E-state index contributed by atoms with van der Waals surface area (Å²) in [6.45, 7) is 1.03. The minimum atomic E-state index is -0.323. The van der Waals surface area contributed by atoms with Gasteiger partial charge in [0.2, 0.25) is 0 Å². The van der Waals surface area contributed by atoms with Gasteiger partial charge in [-0.2, -0.15) is 0 Å². The maximum Gasteiger partial charge on any atom is 0.141 e. The van der Waals surface area contributed by atoms with Crippen LogP contribution in [0.25, 0.3) is 5.82 Å². The molecular formula is C13H15FN4. The quantitative estimate of drug-likeness (QED) is 0.883. The molecule has 1 fully saturated rings. The molecule has 1 unspecified atom stereocenters. The third-order valence-corrected chi connectivity index (χ3v) is 3.29. The molecule has 0 aliphatic carbocycles. The Bertz CT molecular complexity index is 514. The van der Waals surface area contributed by atoms with Crippen molar-refractivity contribution < 1.29 is 4.39 Å². The van der Waals surface area contributed by atoms with Gasteiger partial charge in [-0.25, -0.2) is 14.4 Å². The molecule has 1 saturated heterocycles. The fourth-order valence-corrected chi connectivity index (χ4v) is 2.37. The molecule has 0 aromatic carbocycles. The van der Waals surface area contributed by atoms with Gasteiger partial charge in [-0.15, -0.1) is 0 Å². The highest BCUT2D eigenvalue weighted by atomic mass is 19.1. The number of pyridine rings is 1. The summed E-state index contributed by atoms with van der Waals surface area (Å²) in [5.74, 6) is 0.382. The molecule has 5 heteroatoms. The Hall–Kier alpha value is -1.75. The second-order valence-electron chi connectivity index (χ2n) is 4.53. The second kappa shape index (κ2) is 4.86. The molecule has 0 saturated carbocycles. The van der Waals surface area contributed by atoms with Gasteiger partial charge in [0.25, 0.3) is 0 Å². The minimum Gasteiger partial charge on any atom is -0.309 e. The Kier molecular flexibility index (Phi) is 3.06. The van der Waals surface area contributed by atoms with Crippen LogP contribution < -0.4 is 5.32 Å². The SMILES string of the molecule is Fc1ccc(-n2cncc2C2CCCCN2)nc1. The molecular weight excluding hydrogens is 231 g/mol. The maximum atomic E-state index is 12.9. The van der Waals surface area contributed by atoms with Crippen LogP contribution in [0.15, 0.2) is 30.9 Å². The second-order valence-corrected chi connectivity index (χ2v) is 4.53. The standard InChI is InChI=1S/C13H15FN4/c14-10-4-5-13(17-7-10)18-9-15-8-12(18)11-3-1-2-6-16-11/h4-5,7-9,11,16H,1-3,6H2. The first-order valence-corrected chi connectivity index (χ1v) is 6.22. The summed E-state index contributed by atoms with van der Waals surface area (Å²) in [5, 5.41) is 3.48. The zero-order valence-corrected chi connectivity index (χ0v) is 10.0. The van der Waals surface area contributed by atoms with Crippen molar-refractivity contribution in [2.75, 3.05) is 6.54 Å². The van der Waals surface area contributed by atoms with Gasteiger partial charge in [-0.1, -0.05) is 6.42 Å². The molecule has 1 aliphatic rings. The lowest BCUT2D eigenvalue weighted by Gasteiger charge is -2.24. The monoisotopic (exact) mass is 246 g/mol. The largest absolute Gasteiger partial charge is 0.309 e. The number of rotatable bonds is 2. The smallest absolute Gasteiger partial charge is 0.141 e. The molecule has 18 heavy (non-hydrogen) atoms. The molecule has 0 radical (unpaired) electrons. The van der Waals surface area contributed by atoms with Gasteiger partial charge in [0, 0.05) is 6.04 Å². The van der Waals surface area contributed by atoms with E-state index < -0.39 is 0 Å². The van der Waals surface area contributed by atoms with E-state index in [0.29, 0.717) is 11.9 Å². The van der Waals surface area contributed by atoms with Crippen LogP contribution in [0.1, 0.15) is 31.0 Å². The number of halogens is 1. The van der Waals surface area contributed by atoms with Crippen molar-refractivity contribution in [1.29, 1.82) is 0 Å². The van der Waals surface area contributed by atoms with E-state index in [4.69, 9.17) is 0 Å². The van der Waals surface area contributed by atoms with Crippen molar-refractivity contribution in [2.45, 2.75) is 25.3 Å². The molecule has 0 amide bonds. The first kappa shape index (κ1) is 11.3. The third kappa shape index (κ3) is 2.13. The van der Waals surface area contributed by atoms with Crippen molar-refractivity contribution in [3.05, 3.63) is 42.4 Å². The summed E-state index contributed by atoms with van der Waals surface area (Å²) in [5.41, 5.74) is 1.09. The van der Waals surface area contributed by atoms with Gasteiger partial charge < -0.3 is 5.32 Å². The molecule has 3 heterocycles. The lowest BCUT2D eigenvalue weighted by Crippen LogP contribution is -2.28. The van der Waals surface area contributed by atoms with E-state index in [1.54, 1.807) is 12.4 Å². The number of nitrogens with one attached hydrogen (secondary N) is 1. The van der Waals surface area contributed by atoms with Crippen molar-refractivity contribution in [3.8, 4) is 5.82 Å². The normalized spacial score (nSPS) is 19.9. The molecule has 1 atom stereocenters. The summed E-state index contributed by atoms with van der Waals surface area (Å²) in [7, 11) is 0. The highest BCUT2D eigenvalue weighted by molar-refractivity contribution is 5.26. The van der Waals surface area contributed by atoms with Crippen LogP contribution in [0, 0.1) is 5.82 Å². The third-order valence-electron chi connectivity index (χ3n) is 3.29. The van der Waals surface area contributed by atoms with Gasteiger partial charge in [-0.3, -0.25) is 4.57 Å². The first-order chi connectivity index (χ1) is 8.84. The fraction of sp³-hybridized carbons (Fsp3) is 0.385. The van der Waals surface area contributed by atoms with Crippen LogP contribution >= 0.6 is 0 Å². The number of imidazole rings is 1. The number of aromatic nitrogens is 3. The van der Waals surface area contributed by atoms with Crippen molar-refractivity contribution >= 4 is 0 Å². The lowest BCUT2D eigenvalue weighted by atomic mass is 10.0. The summed E-state index contributed by atoms with van der Waals surface area (Å²) in [6, 6.07) is 3.40. The van der Waals surface area contributed by atoms with E-state index in [1.807, 2.05) is 10.8 Å². The Morgan fingerprint density at radius 2 is 2.22 bits per heavy atom. The Morgan fingerprint density at radius 1 is 1.28 bits per heavy atom.